The summed E-state index contributed by atoms with van der Waals surface area (Å²) in [6.07, 6.45) is 0. The van der Waals surface area contributed by atoms with Crippen LogP contribution in [0, 0.1) is 0 Å². The Labute approximate surface area is 118 Å². The molecule has 0 aliphatic rings. The Morgan fingerprint density at radius 1 is 1.41 bits per heavy atom. The van der Waals surface area contributed by atoms with Gasteiger partial charge in [-0.05, 0) is 56.8 Å². The maximum atomic E-state index is 5.91. The van der Waals surface area contributed by atoms with E-state index in [9.17, 15) is 0 Å². The van der Waals surface area contributed by atoms with Gasteiger partial charge in [0.15, 0.2) is 0 Å². The van der Waals surface area contributed by atoms with Crippen molar-refractivity contribution in [2.24, 2.45) is 5.73 Å². The van der Waals surface area contributed by atoms with Crippen LogP contribution in [0.25, 0.3) is 0 Å². The van der Waals surface area contributed by atoms with Gasteiger partial charge in [-0.15, -0.1) is 11.3 Å². The summed E-state index contributed by atoms with van der Waals surface area (Å²) in [5.41, 5.74) is 7.26. The lowest BCUT2D eigenvalue weighted by Gasteiger charge is -2.26. The maximum Gasteiger partial charge on any atom is 0.0576 e. The van der Waals surface area contributed by atoms with E-state index in [1.165, 1.54) is 10.4 Å². The first kappa shape index (κ1) is 13.2. The summed E-state index contributed by atoms with van der Waals surface area (Å²) in [7, 11) is 2.13. The van der Waals surface area contributed by atoms with Crippen LogP contribution in [0.2, 0.25) is 0 Å². The Balaban J connectivity index is 2.11. The van der Waals surface area contributed by atoms with Gasteiger partial charge in [0.1, 0.15) is 0 Å². The van der Waals surface area contributed by atoms with E-state index in [-0.39, 0.29) is 6.04 Å². The van der Waals surface area contributed by atoms with Crippen LogP contribution in [0.4, 0.5) is 0 Å². The molecule has 0 bridgehead atoms. The third-order valence-corrected chi connectivity index (χ3v) is 5.42. The fraction of sp³-hybridized carbons (Fsp3) is 0.333. The predicted molar refractivity (Wildman–Crippen MR) is 79.6 cm³/mol. The summed E-state index contributed by atoms with van der Waals surface area (Å²) in [4.78, 5) is 3.61. The fourth-order valence-electron chi connectivity index (χ4n) is 1.81. The molecule has 2 N–H and O–H groups in total. The molecule has 0 fully saturated rings. The van der Waals surface area contributed by atoms with Gasteiger partial charge in [0.05, 0.1) is 6.04 Å². The van der Waals surface area contributed by atoms with E-state index in [1.54, 1.807) is 22.7 Å². The van der Waals surface area contributed by atoms with Crippen molar-refractivity contribution in [2.75, 3.05) is 13.6 Å². The molecule has 92 valence electrons. The van der Waals surface area contributed by atoms with Crippen molar-refractivity contribution in [1.29, 1.82) is 0 Å². The molecule has 0 radical (unpaired) electrons. The second kappa shape index (κ2) is 6.11. The number of thiophene rings is 2. The Kier molecular flexibility index (Phi) is 4.76. The molecular formula is C12H15BrN2S2. The summed E-state index contributed by atoms with van der Waals surface area (Å²) in [5, 5.41) is 6.40. The number of hydrogen-bond acceptors (Lipinski definition) is 4. The molecule has 0 spiro atoms. The van der Waals surface area contributed by atoms with Crippen molar-refractivity contribution in [1.82, 2.24) is 4.90 Å². The predicted octanol–water partition coefficient (Wildman–Crippen LogP) is 3.70. The normalized spacial score (nSPS) is 13.2. The van der Waals surface area contributed by atoms with Crippen LogP contribution in [-0.4, -0.2) is 18.5 Å². The van der Waals surface area contributed by atoms with Gasteiger partial charge in [-0.3, -0.25) is 4.90 Å². The average Bonchev–Trinajstić information content (AvgIpc) is 2.92. The molecule has 5 heteroatoms. The van der Waals surface area contributed by atoms with Gasteiger partial charge in [0, 0.05) is 22.4 Å². The zero-order valence-corrected chi connectivity index (χ0v) is 12.8. The molecule has 1 unspecified atom stereocenters. The number of hydrogen-bond donors (Lipinski definition) is 1. The van der Waals surface area contributed by atoms with Gasteiger partial charge in [-0.1, -0.05) is 0 Å². The molecule has 0 saturated heterocycles. The van der Waals surface area contributed by atoms with Crippen molar-refractivity contribution in [3.63, 3.8) is 0 Å². The second-order valence-corrected chi connectivity index (χ2v) is 6.51. The summed E-state index contributed by atoms with van der Waals surface area (Å²) >= 11 is 7.08. The molecular weight excluding hydrogens is 316 g/mol. The molecule has 0 aliphatic heterocycles. The minimum Gasteiger partial charge on any atom is -0.329 e. The lowest BCUT2D eigenvalue weighted by atomic mass is 10.2. The highest BCUT2D eigenvalue weighted by atomic mass is 79.9. The standard InChI is InChI=1S/C12H15BrN2S2/c1-15(7-9-2-4-16-8-9)11(6-14)12-10(13)3-5-17-12/h2-5,8,11H,6-7,14H2,1H3. The minimum atomic E-state index is 0.282. The van der Waals surface area contributed by atoms with Crippen LogP contribution in [0.3, 0.4) is 0 Å². The van der Waals surface area contributed by atoms with Crippen LogP contribution < -0.4 is 5.73 Å². The lowest BCUT2D eigenvalue weighted by molar-refractivity contribution is 0.245. The van der Waals surface area contributed by atoms with Crippen LogP contribution in [0.1, 0.15) is 16.5 Å². The Hall–Kier alpha value is -0.200. The van der Waals surface area contributed by atoms with Gasteiger partial charge >= 0.3 is 0 Å². The van der Waals surface area contributed by atoms with E-state index in [0.29, 0.717) is 6.54 Å². The largest absolute Gasteiger partial charge is 0.329 e. The molecule has 0 aliphatic carbocycles. The molecule has 1 atom stereocenters. The zero-order chi connectivity index (χ0) is 12.3. The van der Waals surface area contributed by atoms with Gasteiger partial charge in [0.2, 0.25) is 0 Å². The molecule has 0 aromatic carbocycles. The molecule has 0 saturated carbocycles. The third-order valence-electron chi connectivity index (χ3n) is 2.71. The van der Waals surface area contributed by atoms with Gasteiger partial charge < -0.3 is 5.73 Å². The average molecular weight is 331 g/mol. The summed E-state index contributed by atoms with van der Waals surface area (Å²) < 4.78 is 1.16. The van der Waals surface area contributed by atoms with E-state index in [2.05, 4.69) is 56.2 Å². The number of nitrogens with zero attached hydrogens (tertiary/aromatic N) is 1. The van der Waals surface area contributed by atoms with Gasteiger partial charge in [-0.2, -0.15) is 11.3 Å². The molecule has 2 heterocycles. The monoisotopic (exact) mass is 330 g/mol. The highest BCUT2D eigenvalue weighted by Gasteiger charge is 2.19. The minimum absolute atomic E-state index is 0.282. The van der Waals surface area contributed by atoms with Crippen molar-refractivity contribution in [3.05, 3.63) is 43.2 Å². The topological polar surface area (TPSA) is 29.3 Å². The van der Waals surface area contributed by atoms with Gasteiger partial charge in [-0.25, -0.2) is 0 Å². The Bertz CT molecular complexity index is 453. The summed E-state index contributed by atoms with van der Waals surface area (Å²) in [6, 6.07) is 4.53. The van der Waals surface area contributed by atoms with Crippen molar-refractivity contribution in [2.45, 2.75) is 12.6 Å². The summed E-state index contributed by atoms with van der Waals surface area (Å²) in [5.74, 6) is 0. The highest BCUT2D eigenvalue weighted by Crippen LogP contribution is 2.32. The first-order valence-electron chi connectivity index (χ1n) is 5.36. The van der Waals surface area contributed by atoms with Gasteiger partial charge in [0.25, 0.3) is 0 Å². The third kappa shape index (κ3) is 3.17. The van der Waals surface area contributed by atoms with Crippen LogP contribution in [0.5, 0.6) is 0 Å². The first-order valence-corrected chi connectivity index (χ1v) is 7.98. The Morgan fingerprint density at radius 2 is 2.24 bits per heavy atom. The smallest absolute Gasteiger partial charge is 0.0576 e. The molecule has 2 aromatic rings. The molecule has 17 heavy (non-hydrogen) atoms. The van der Waals surface area contributed by atoms with Crippen LogP contribution in [0.15, 0.2) is 32.7 Å². The first-order chi connectivity index (χ1) is 8.22. The number of halogens is 1. The fourth-order valence-corrected chi connectivity index (χ4v) is 4.29. The summed E-state index contributed by atoms with van der Waals surface area (Å²) in [6.45, 7) is 1.58. The van der Waals surface area contributed by atoms with E-state index >= 15 is 0 Å². The molecule has 2 aromatic heterocycles. The zero-order valence-electron chi connectivity index (χ0n) is 9.60. The van der Waals surface area contributed by atoms with Crippen LogP contribution >= 0.6 is 38.6 Å². The Morgan fingerprint density at radius 3 is 2.76 bits per heavy atom. The highest BCUT2D eigenvalue weighted by molar-refractivity contribution is 9.10. The number of likely N-dealkylation sites (N-methyl/N-ethyl adjacent to an activating group) is 1. The van der Waals surface area contributed by atoms with E-state index in [4.69, 9.17) is 5.73 Å². The van der Waals surface area contributed by atoms with E-state index in [1.807, 2.05) is 0 Å². The van der Waals surface area contributed by atoms with Crippen molar-refractivity contribution in [3.8, 4) is 0 Å². The van der Waals surface area contributed by atoms with E-state index in [0.717, 1.165) is 11.0 Å². The lowest BCUT2D eigenvalue weighted by Crippen LogP contribution is -2.29. The quantitative estimate of drug-likeness (QED) is 0.905. The molecule has 2 nitrogen and oxygen atoms in total. The molecule has 0 amide bonds. The van der Waals surface area contributed by atoms with Crippen molar-refractivity contribution >= 4 is 38.6 Å². The maximum absolute atomic E-state index is 5.91. The van der Waals surface area contributed by atoms with Crippen molar-refractivity contribution < 1.29 is 0 Å². The number of nitrogens with two attached hydrogens (primary N) is 1. The van der Waals surface area contributed by atoms with E-state index < -0.39 is 0 Å². The van der Waals surface area contributed by atoms with Crippen LogP contribution in [-0.2, 0) is 6.54 Å². The number of rotatable bonds is 5. The second-order valence-electron chi connectivity index (χ2n) is 3.93. The SMILES string of the molecule is CN(Cc1ccsc1)C(CN)c1sccc1Br. The molecule has 2 rings (SSSR count).